The molecule has 19 heavy (non-hydrogen) atoms. The van der Waals surface area contributed by atoms with E-state index in [1.165, 1.54) is 25.0 Å². The molecule has 1 aliphatic heterocycles. The van der Waals surface area contributed by atoms with Crippen LogP contribution in [-0.4, -0.2) is 19.0 Å². The van der Waals surface area contributed by atoms with Crippen LogP contribution in [0.15, 0.2) is 24.3 Å². The van der Waals surface area contributed by atoms with Crippen LogP contribution in [0, 0.1) is 11.7 Å². The van der Waals surface area contributed by atoms with Crippen molar-refractivity contribution in [3.05, 3.63) is 35.6 Å². The Morgan fingerprint density at radius 3 is 2.84 bits per heavy atom. The smallest absolute Gasteiger partial charge is 0.220 e. The fourth-order valence-corrected chi connectivity index (χ4v) is 2.40. The number of carbonyl (C=O) groups is 1. The number of rotatable bonds is 5. The maximum Gasteiger partial charge on any atom is 0.220 e. The lowest BCUT2D eigenvalue weighted by Crippen LogP contribution is -2.31. The average Bonchev–Trinajstić information content (AvgIpc) is 2.45. The number of hydrogen-bond acceptors (Lipinski definition) is 2. The van der Waals surface area contributed by atoms with Gasteiger partial charge in [-0.1, -0.05) is 12.1 Å². The summed E-state index contributed by atoms with van der Waals surface area (Å²) in [5.74, 6) is 0.458. The molecule has 1 atom stereocenters. The van der Waals surface area contributed by atoms with Crippen molar-refractivity contribution in [3.8, 4) is 0 Å². The van der Waals surface area contributed by atoms with Crippen molar-refractivity contribution in [3.63, 3.8) is 0 Å². The first-order chi connectivity index (χ1) is 9.24. The summed E-state index contributed by atoms with van der Waals surface area (Å²) in [6.45, 7) is 2.61. The van der Waals surface area contributed by atoms with Crippen molar-refractivity contribution in [1.82, 2.24) is 10.6 Å². The van der Waals surface area contributed by atoms with Crippen LogP contribution >= 0.6 is 0 Å². The van der Waals surface area contributed by atoms with Gasteiger partial charge in [-0.05, 0) is 56.0 Å². The highest BCUT2D eigenvalue weighted by Gasteiger charge is 2.14. The zero-order valence-electron chi connectivity index (χ0n) is 11.1. The van der Waals surface area contributed by atoms with E-state index in [9.17, 15) is 9.18 Å². The maximum atomic E-state index is 12.7. The van der Waals surface area contributed by atoms with Gasteiger partial charge in [0.1, 0.15) is 5.82 Å². The van der Waals surface area contributed by atoms with Gasteiger partial charge in [0.15, 0.2) is 0 Å². The molecule has 1 heterocycles. The van der Waals surface area contributed by atoms with E-state index in [4.69, 9.17) is 0 Å². The third-order valence-corrected chi connectivity index (χ3v) is 3.58. The van der Waals surface area contributed by atoms with E-state index in [-0.39, 0.29) is 11.7 Å². The predicted octanol–water partition coefficient (Wildman–Crippen LogP) is 2.22. The van der Waals surface area contributed by atoms with Gasteiger partial charge in [0.25, 0.3) is 0 Å². The molecule has 0 saturated carbocycles. The number of benzene rings is 1. The molecular weight excluding hydrogens is 243 g/mol. The molecule has 1 amide bonds. The molecule has 0 aromatic heterocycles. The number of hydrogen-bond donors (Lipinski definition) is 2. The maximum absolute atomic E-state index is 12.7. The van der Waals surface area contributed by atoms with Gasteiger partial charge in [-0.25, -0.2) is 4.39 Å². The van der Waals surface area contributed by atoms with E-state index >= 15 is 0 Å². The van der Waals surface area contributed by atoms with Crippen LogP contribution in [0.4, 0.5) is 4.39 Å². The minimum atomic E-state index is -0.250. The topological polar surface area (TPSA) is 41.1 Å². The summed E-state index contributed by atoms with van der Waals surface area (Å²) in [4.78, 5) is 11.7. The second-order valence-corrected chi connectivity index (χ2v) is 5.15. The molecule has 1 unspecified atom stereocenters. The molecule has 2 N–H and O–H groups in total. The van der Waals surface area contributed by atoms with Crippen molar-refractivity contribution in [2.75, 3.05) is 13.1 Å². The second-order valence-electron chi connectivity index (χ2n) is 5.15. The molecule has 104 valence electrons. The summed E-state index contributed by atoms with van der Waals surface area (Å²) in [6, 6.07) is 6.21. The van der Waals surface area contributed by atoms with Gasteiger partial charge in [-0.2, -0.15) is 0 Å². The highest BCUT2D eigenvalue weighted by molar-refractivity contribution is 5.75. The van der Waals surface area contributed by atoms with E-state index in [2.05, 4.69) is 10.6 Å². The van der Waals surface area contributed by atoms with Crippen molar-refractivity contribution < 1.29 is 9.18 Å². The van der Waals surface area contributed by atoms with Crippen LogP contribution in [0.25, 0.3) is 0 Å². The molecule has 0 radical (unpaired) electrons. The van der Waals surface area contributed by atoms with Gasteiger partial charge >= 0.3 is 0 Å². The zero-order valence-corrected chi connectivity index (χ0v) is 11.1. The fourth-order valence-electron chi connectivity index (χ4n) is 2.40. The van der Waals surface area contributed by atoms with Gasteiger partial charge in [-0.3, -0.25) is 4.79 Å². The zero-order chi connectivity index (χ0) is 13.5. The molecule has 1 aromatic carbocycles. The van der Waals surface area contributed by atoms with E-state index in [0.29, 0.717) is 18.9 Å². The lowest BCUT2D eigenvalue weighted by atomic mass is 9.94. The Bertz CT molecular complexity index is 399. The molecule has 1 fully saturated rings. The minimum absolute atomic E-state index is 0.0786. The van der Waals surface area contributed by atoms with Crippen LogP contribution in [0.1, 0.15) is 31.2 Å². The van der Waals surface area contributed by atoms with Crippen LogP contribution in [0.3, 0.4) is 0 Å². The Morgan fingerprint density at radius 2 is 2.16 bits per heavy atom. The Kier molecular flexibility index (Phi) is 5.33. The van der Waals surface area contributed by atoms with E-state index in [1.807, 2.05) is 0 Å². The third kappa shape index (κ3) is 4.99. The van der Waals surface area contributed by atoms with E-state index < -0.39 is 0 Å². The number of nitrogens with one attached hydrogen (secondary N) is 2. The number of piperidine rings is 1. The first kappa shape index (κ1) is 14.0. The van der Waals surface area contributed by atoms with Crippen molar-refractivity contribution in [2.45, 2.75) is 32.2 Å². The third-order valence-electron chi connectivity index (χ3n) is 3.58. The summed E-state index contributed by atoms with van der Waals surface area (Å²) < 4.78 is 12.7. The first-order valence-electron chi connectivity index (χ1n) is 6.96. The van der Waals surface area contributed by atoms with Crippen molar-refractivity contribution in [2.24, 2.45) is 5.92 Å². The largest absolute Gasteiger partial charge is 0.352 e. The lowest BCUT2D eigenvalue weighted by Gasteiger charge is -2.22. The van der Waals surface area contributed by atoms with Crippen molar-refractivity contribution >= 4 is 5.91 Å². The fraction of sp³-hybridized carbons (Fsp3) is 0.533. The van der Waals surface area contributed by atoms with Gasteiger partial charge in [-0.15, -0.1) is 0 Å². The second kappa shape index (κ2) is 7.24. The number of amides is 1. The standard InChI is InChI=1S/C15H21FN2O/c16-14-6-3-13(4-7-14)11-18-15(19)8-5-12-2-1-9-17-10-12/h3-4,6-7,12,17H,1-2,5,8-11H2,(H,18,19). The highest BCUT2D eigenvalue weighted by atomic mass is 19.1. The predicted molar refractivity (Wildman–Crippen MR) is 73.1 cm³/mol. The Morgan fingerprint density at radius 1 is 1.37 bits per heavy atom. The molecule has 0 aliphatic carbocycles. The molecule has 0 spiro atoms. The van der Waals surface area contributed by atoms with Crippen molar-refractivity contribution in [1.29, 1.82) is 0 Å². The number of carbonyl (C=O) groups excluding carboxylic acids is 1. The normalized spacial score (nSPS) is 19.1. The summed E-state index contributed by atoms with van der Waals surface area (Å²) in [5.41, 5.74) is 0.925. The Hall–Kier alpha value is -1.42. The molecule has 0 bridgehead atoms. The first-order valence-corrected chi connectivity index (χ1v) is 6.96. The minimum Gasteiger partial charge on any atom is -0.352 e. The quantitative estimate of drug-likeness (QED) is 0.856. The molecule has 2 rings (SSSR count). The average molecular weight is 264 g/mol. The van der Waals surface area contributed by atoms with Crippen LogP contribution < -0.4 is 10.6 Å². The van der Waals surface area contributed by atoms with Gasteiger partial charge in [0.05, 0.1) is 0 Å². The van der Waals surface area contributed by atoms with E-state index in [0.717, 1.165) is 25.1 Å². The molecule has 1 aromatic rings. The van der Waals surface area contributed by atoms with Crippen LogP contribution in [-0.2, 0) is 11.3 Å². The monoisotopic (exact) mass is 264 g/mol. The summed E-state index contributed by atoms with van der Waals surface area (Å²) in [7, 11) is 0. The van der Waals surface area contributed by atoms with Crippen LogP contribution in [0.5, 0.6) is 0 Å². The number of halogens is 1. The highest BCUT2D eigenvalue weighted by Crippen LogP contribution is 2.15. The SMILES string of the molecule is O=C(CCC1CCCNC1)NCc1ccc(F)cc1. The lowest BCUT2D eigenvalue weighted by molar-refractivity contribution is -0.121. The molecular formula is C15H21FN2O. The molecule has 1 aliphatic rings. The molecule has 1 saturated heterocycles. The van der Waals surface area contributed by atoms with Crippen LogP contribution in [0.2, 0.25) is 0 Å². The van der Waals surface area contributed by atoms with Gasteiger partial charge < -0.3 is 10.6 Å². The molecule has 4 heteroatoms. The van der Waals surface area contributed by atoms with E-state index in [1.54, 1.807) is 12.1 Å². The summed E-state index contributed by atoms with van der Waals surface area (Å²) in [5, 5.41) is 6.23. The molecule has 3 nitrogen and oxygen atoms in total. The summed E-state index contributed by atoms with van der Waals surface area (Å²) in [6.07, 6.45) is 3.95. The Labute approximate surface area is 113 Å². The Balaban J connectivity index is 1.65. The van der Waals surface area contributed by atoms with Gasteiger partial charge in [0.2, 0.25) is 5.91 Å². The summed E-state index contributed by atoms with van der Waals surface area (Å²) >= 11 is 0. The van der Waals surface area contributed by atoms with Gasteiger partial charge in [0, 0.05) is 13.0 Å².